The van der Waals surface area contributed by atoms with Gasteiger partial charge in [0.15, 0.2) is 6.61 Å². The van der Waals surface area contributed by atoms with E-state index in [0.29, 0.717) is 17.1 Å². The summed E-state index contributed by atoms with van der Waals surface area (Å²) in [5, 5.41) is 5.68. The monoisotopic (exact) mass is 489 g/mol. The largest absolute Gasteiger partial charge is 0.454 e. The smallest absolute Gasteiger partial charge is 0.325 e. The van der Waals surface area contributed by atoms with E-state index in [1.54, 1.807) is 24.3 Å². The lowest BCUT2D eigenvalue weighted by Crippen LogP contribution is -2.48. The number of amides is 3. The van der Waals surface area contributed by atoms with Crippen molar-refractivity contribution in [3.63, 3.8) is 0 Å². The number of likely N-dealkylation sites (N-methyl/N-ethyl adjacent to an activating group) is 1. The fraction of sp³-hybridized carbons (Fsp3) is 0.600. The highest BCUT2D eigenvalue weighted by molar-refractivity contribution is 6.33. The van der Waals surface area contributed by atoms with Crippen LogP contribution in [-0.2, 0) is 23.9 Å². The first kappa shape index (κ1) is 24.5. The maximum absolute atomic E-state index is 12.5. The number of nitrogens with one attached hydrogen (secondary N) is 2. The van der Waals surface area contributed by atoms with Crippen LogP contribution in [-0.4, -0.2) is 55.3 Å². The molecular formula is C25H32ClN3O5. The molecule has 0 radical (unpaired) electrons. The molecule has 0 spiro atoms. The van der Waals surface area contributed by atoms with E-state index in [9.17, 15) is 19.2 Å². The normalized spacial score (nSPS) is 26.6. The average Bonchev–Trinajstić information content (AvgIpc) is 2.76. The molecule has 4 fully saturated rings. The predicted octanol–water partition coefficient (Wildman–Crippen LogP) is 3.00. The third-order valence-electron chi connectivity index (χ3n) is 7.44. The summed E-state index contributed by atoms with van der Waals surface area (Å²) in [6, 6.07) is 6.78. The van der Waals surface area contributed by atoms with Crippen molar-refractivity contribution >= 4 is 41.0 Å². The van der Waals surface area contributed by atoms with Gasteiger partial charge in [-0.2, -0.15) is 0 Å². The van der Waals surface area contributed by atoms with E-state index in [4.69, 9.17) is 16.3 Å². The highest BCUT2D eigenvalue weighted by atomic mass is 35.5. The van der Waals surface area contributed by atoms with E-state index in [1.165, 1.54) is 26.3 Å². The molecule has 9 heteroatoms. The van der Waals surface area contributed by atoms with Gasteiger partial charge in [0, 0.05) is 13.5 Å². The fourth-order valence-electron chi connectivity index (χ4n) is 6.44. The third kappa shape index (κ3) is 6.09. The zero-order chi connectivity index (χ0) is 24.3. The SMILES string of the molecule is CN(CC(=O)Nc1ccccc1Cl)C(=O)COC(=O)CNC(=O)CC12CC3CC(CC(C3)C1)C2. The minimum atomic E-state index is -0.680. The van der Waals surface area contributed by atoms with Crippen LogP contribution in [0.1, 0.15) is 44.9 Å². The van der Waals surface area contributed by atoms with E-state index in [-0.39, 0.29) is 24.4 Å². The number of carbonyl (C=O) groups is 4. The summed E-state index contributed by atoms with van der Waals surface area (Å²) in [4.78, 5) is 50.1. The Morgan fingerprint density at radius 1 is 1.03 bits per heavy atom. The number of para-hydroxylation sites is 1. The molecule has 1 aromatic rings. The summed E-state index contributed by atoms with van der Waals surface area (Å²) in [6.07, 6.45) is 7.79. The van der Waals surface area contributed by atoms with Crippen molar-refractivity contribution < 1.29 is 23.9 Å². The van der Waals surface area contributed by atoms with Gasteiger partial charge in [-0.3, -0.25) is 19.2 Å². The number of nitrogens with zero attached hydrogens (tertiary/aromatic N) is 1. The summed E-state index contributed by atoms with van der Waals surface area (Å²) in [5.74, 6) is 0.533. The Bertz CT molecular complexity index is 930. The van der Waals surface area contributed by atoms with Crippen LogP contribution >= 0.6 is 11.6 Å². The second-order valence-electron chi connectivity index (χ2n) is 10.3. The van der Waals surface area contributed by atoms with Crippen LogP contribution in [0.25, 0.3) is 0 Å². The van der Waals surface area contributed by atoms with Gasteiger partial charge in [0.2, 0.25) is 11.8 Å². The van der Waals surface area contributed by atoms with E-state index < -0.39 is 24.4 Å². The molecule has 0 saturated heterocycles. The molecule has 184 valence electrons. The van der Waals surface area contributed by atoms with Crippen LogP contribution in [0.4, 0.5) is 5.69 Å². The van der Waals surface area contributed by atoms with Crippen LogP contribution in [0.3, 0.4) is 0 Å². The van der Waals surface area contributed by atoms with Gasteiger partial charge in [-0.05, 0) is 73.8 Å². The topological polar surface area (TPSA) is 105 Å². The lowest BCUT2D eigenvalue weighted by Gasteiger charge is -2.56. The Balaban J connectivity index is 1.14. The molecule has 4 bridgehead atoms. The van der Waals surface area contributed by atoms with Gasteiger partial charge in [0.05, 0.1) is 17.3 Å². The van der Waals surface area contributed by atoms with E-state index in [0.717, 1.165) is 41.9 Å². The fourth-order valence-corrected chi connectivity index (χ4v) is 6.62. The van der Waals surface area contributed by atoms with Crippen LogP contribution < -0.4 is 10.6 Å². The Morgan fingerprint density at radius 3 is 2.26 bits per heavy atom. The molecule has 2 N–H and O–H groups in total. The summed E-state index contributed by atoms with van der Waals surface area (Å²) >= 11 is 6.01. The van der Waals surface area contributed by atoms with Crippen LogP contribution in [0.2, 0.25) is 5.02 Å². The number of hydrogen-bond acceptors (Lipinski definition) is 5. The van der Waals surface area contributed by atoms with Gasteiger partial charge >= 0.3 is 5.97 Å². The molecule has 4 aliphatic carbocycles. The van der Waals surface area contributed by atoms with Crippen molar-refractivity contribution in [2.45, 2.75) is 44.9 Å². The predicted molar refractivity (Wildman–Crippen MR) is 127 cm³/mol. The lowest BCUT2D eigenvalue weighted by atomic mass is 9.49. The maximum Gasteiger partial charge on any atom is 0.325 e. The highest BCUT2D eigenvalue weighted by Crippen LogP contribution is 2.61. The molecule has 0 aliphatic heterocycles. The number of esters is 1. The van der Waals surface area contributed by atoms with Crippen LogP contribution in [0.5, 0.6) is 0 Å². The molecule has 5 rings (SSSR count). The number of hydrogen-bond donors (Lipinski definition) is 2. The second-order valence-corrected chi connectivity index (χ2v) is 10.7. The Hall–Kier alpha value is -2.61. The zero-order valence-corrected chi connectivity index (χ0v) is 20.2. The number of ether oxygens (including phenoxy) is 1. The Kier molecular flexibility index (Phi) is 7.45. The van der Waals surface area contributed by atoms with Gasteiger partial charge in [-0.15, -0.1) is 0 Å². The van der Waals surface area contributed by atoms with Crippen molar-refractivity contribution in [2.75, 3.05) is 32.1 Å². The minimum absolute atomic E-state index is 0.103. The molecule has 0 heterocycles. The molecular weight excluding hydrogens is 458 g/mol. The Labute approximate surface area is 204 Å². The minimum Gasteiger partial charge on any atom is -0.454 e. The molecule has 0 unspecified atom stereocenters. The first-order chi connectivity index (χ1) is 16.2. The number of halogens is 1. The van der Waals surface area contributed by atoms with Gasteiger partial charge in [0.1, 0.15) is 6.54 Å². The number of carbonyl (C=O) groups excluding carboxylic acids is 4. The molecule has 34 heavy (non-hydrogen) atoms. The first-order valence-corrected chi connectivity index (χ1v) is 12.3. The Morgan fingerprint density at radius 2 is 1.65 bits per heavy atom. The summed E-state index contributed by atoms with van der Waals surface area (Å²) in [6.45, 7) is -0.988. The van der Waals surface area contributed by atoms with Gasteiger partial charge in [-0.1, -0.05) is 23.7 Å². The summed E-state index contributed by atoms with van der Waals surface area (Å²) < 4.78 is 4.99. The van der Waals surface area contributed by atoms with Gasteiger partial charge in [0.25, 0.3) is 5.91 Å². The maximum atomic E-state index is 12.5. The van der Waals surface area contributed by atoms with Gasteiger partial charge in [-0.25, -0.2) is 0 Å². The van der Waals surface area contributed by atoms with E-state index in [2.05, 4.69) is 10.6 Å². The lowest BCUT2D eigenvalue weighted by molar-refractivity contribution is -0.151. The van der Waals surface area contributed by atoms with Crippen molar-refractivity contribution in [2.24, 2.45) is 23.2 Å². The van der Waals surface area contributed by atoms with Crippen molar-refractivity contribution in [1.82, 2.24) is 10.2 Å². The van der Waals surface area contributed by atoms with Crippen LogP contribution in [0.15, 0.2) is 24.3 Å². The highest BCUT2D eigenvalue weighted by Gasteiger charge is 2.51. The molecule has 3 amide bonds. The van der Waals surface area contributed by atoms with Crippen LogP contribution in [0, 0.1) is 23.2 Å². The van der Waals surface area contributed by atoms with Crippen molar-refractivity contribution in [3.8, 4) is 0 Å². The van der Waals surface area contributed by atoms with Crippen molar-refractivity contribution in [3.05, 3.63) is 29.3 Å². The molecule has 1 aromatic carbocycles. The number of anilines is 1. The molecule has 0 atom stereocenters. The van der Waals surface area contributed by atoms with Crippen molar-refractivity contribution in [1.29, 1.82) is 0 Å². The molecule has 0 aromatic heterocycles. The average molecular weight is 490 g/mol. The second kappa shape index (κ2) is 10.3. The first-order valence-electron chi connectivity index (χ1n) is 11.9. The van der Waals surface area contributed by atoms with Gasteiger partial charge < -0.3 is 20.3 Å². The summed E-state index contributed by atoms with van der Waals surface area (Å²) in [5.41, 5.74) is 0.553. The standard InChI is InChI=1S/C25H32ClN3O5/c1-29(14-22(31)28-20-5-3-2-4-19(20)26)23(32)15-34-24(33)13-27-21(30)12-25-9-16-6-17(10-25)8-18(7-16)11-25/h2-5,16-18H,6-15H2,1H3,(H,27,30)(H,28,31). The molecule has 4 saturated carbocycles. The molecule has 4 aliphatic rings. The molecule has 8 nitrogen and oxygen atoms in total. The number of benzene rings is 1. The third-order valence-corrected chi connectivity index (χ3v) is 7.77. The number of rotatable bonds is 9. The quantitative estimate of drug-likeness (QED) is 0.519. The summed E-state index contributed by atoms with van der Waals surface area (Å²) in [7, 11) is 1.44. The van der Waals surface area contributed by atoms with E-state index in [1.807, 2.05) is 0 Å². The zero-order valence-electron chi connectivity index (χ0n) is 19.5. The van der Waals surface area contributed by atoms with E-state index >= 15 is 0 Å².